The molecule has 38 heavy (non-hydrogen) atoms. The highest BCUT2D eigenvalue weighted by molar-refractivity contribution is 7.90. The van der Waals surface area contributed by atoms with E-state index in [4.69, 9.17) is 4.98 Å². The molecule has 0 amide bonds. The fourth-order valence-electron chi connectivity index (χ4n) is 6.61. The van der Waals surface area contributed by atoms with E-state index in [0.717, 1.165) is 29.8 Å². The molecule has 0 radical (unpaired) electrons. The van der Waals surface area contributed by atoms with Crippen LogP contribution in [-0.4, -0.2) is 53.5 Å². The summed E-state index contributed by atoms with van der Waals surface area (Å²) in [6.45, 7) is 4.65. The molecule has 2 bridgehead atoms. The second-order valence-electron chi connectivity index (χ2n) is 10.9. The first-order valence-electron chi connectivity index (χ1n) is 12.5. The average Bonchev–Trinajstić information content (AvgIpc) is 3.50. The number of halogens is 2. The molecule has 0 spiro atoms. The Bertz CT molecular complexity index is 1560. The lowest BCUT2D eigenvalue weighted by molar-refractivity contribution is 0.198. The number of benzene rings is 1. The van der Waals surface area contributed by atoms with Crippen LogP contribution in [0.3, 0.4) is 0 Å². The highest BCUT2D eigenvalue weighted by Crippen LogP contribution is 2.69. The number of nitrogens with zero attached hydrogens (tertiary/aromatic N) is 5. The molecule has 3 aliphatic rings. The molecule has 2 aromatic heterocycles. The Hall–Kier alpha value is -3.31. The van der Waals surface area contributed by atoms with Gasteiger partial charge in [0.25, 0.3) is 0 Å². The van der Waals surface area contributed by atoms with Crippen LogP contribution in [0.1, 0.15) is 61.4 Å². The first kappa shape index (κ1) is 25.0. The van der Waals surface area contributed by atoms with Crippen LogP contribution in [0.4, 0.5) is 8.78 Å². The molecule has 11 heteroatoms. The maximum absolute atomic E-state index is 14.5. The van der Waals surface area contributed by atoms with Crippen LogP contribution in [-0.2, 0) is 15.3 Å². The highest BCUT2D eigenvalue weighted by Gasteiger charge is 2.65. The molecule has 1 aromatic carbocycles. The summed E-state index contributed by atoms with van der Waals surface area (Å²) in [6, 6.07) is 11.4. The Labute approximate surface area is 220 Å². The van der Waals surface area contributed by atoms with Crippen molar-refractivity contribution in [3.63, 3.8) is 0 Å². The summed E-state index contributed by atoms with van der Waals surface area (Å²) in [5.41, 5.74) is 5.52. The molecule has 3 atom stereocenters. The van der Waals surface area contributed by atoms with E-state index in [1.807, 2.05) is 18.2 Å². The molecule has 3 aromatic rings. The van der Waals surface area contributed by atoms with E-state index >= 15 is 0 Å². The maximum Gasteiger partial charge on any atom is 0.163 e. The summed E-state index contributed by atoms with van der Waals surface area (Å²) in [5, 5.41) is 10.7. The Kier molecular flexibility index (Phi) is 5.66. The van der Waals surface area contributed by atoms with E-state index in [9.17, 15) is 17.2 Å². The van der Waals surface area contributed by atoms with Gasteiger partial charge in [-0.25, -0.2) is 22.2 Å². The number of hydrogen-bond donors (Lipinski definition) is 1. The Morgan fingerprint density at radius 3 is 2.58 bits per heavy atom. The van der Waals surface area contributed by atoms with Crippen molar-refractivity contribution in [3.05, 3.63) is 76.7 Å². The zero-order valence-electron chi connectivity index (χ0n) is 21.3. The van der Waals surface area contributed by atoms with E-state index in [1.54, 1.807) is 17.4 Å². The fraction of sp³-hybridized carbons (Fsp3) is 0.407. The number of sulfone groups is 1. The molecule has 1 N–H and O–H groups in total. The number of hydrazine groups is 1. The third-order valence-electron chi connectivity index (χ3n) is 8.51. The van der Waals surface area contributed by atoms with Gasteiger partial charge in [-0.3, -0.25) is 4.98 Å². The number of fused-ring (bicyclic) bond motifs is 5. The van der Waals surface area contributed by atoms with Crippen molar-refractivity contribution >= 4 is 16.2 Å². The van der Waals surface area contributed by atoms with E-state index in [0.29, 0.717) is 5.69 Å². The standard InChI is InChI=1S/C27H28F2N6O2S/c1-26(2)17-10-11-27(26,24-16(17)14-21(33-34-24)23-18(28)6-4-7-19(23)29)22-9-5-8-20(32-22)25-30-15-31-35(25)12-13-38(3,36)37/h4-9,14-15,17,25H,10-13H2,1-3H3,(H,30,31)/t17-,25?,27-/m0/s1. The minimum Gasteiger partial charge on any atom is -0.307 e. The van der Waals surface area contributed by atoms with E-state index in [2.05, 4.69) is 34.5 Å². The van der Waals surface area contributed by atoms with Crippen molar-refractivity contribution in [2.45, 2.75) is 44.2 Å². The number of aromatic nitrogens is 3. The number of rotatable bonds is 6. The lowest BCUT2D eigenvalue weighted by atomic mass is 9.66. The monoisotopic (exact) mass is 538 g/mol. The van der Waals surface area contributed by atoms with Gasteiger partial charge >= 0.3 is 0 Å². The molecular weight excluding hydrogens is 510 g/mol. The van der Waals surface area contributed by atoms with Gasteiger partial charge in [-0.15, -0.1) is 5.10 Å². The molecule has 1 unspecified atom stereocenters. The largest absolute Gasteiger partial charge is 0.307 e. The van der Waals surface area contributed by atoms with Gasteiger partial charge in [-0.1, -0.05) is 26.0 Å². The summed E-state index contributed by atoms with van der Waals surface area (Å²) >= 11 is 0. The molecular formula is C27H28F2N6O2S. The van der Waals surface area contributed by atoms with Crippen molar-refractivity contribution in [1.82, 2.24) is 25.6 Å². The molecule has 8 nitrogen and oxygen atoms in total. The summed E-state index contributed by atoms with van der Waals surface area (Å²) in [4.78, 5) is 9.56. The van der Waals surface area contributed by atoms with Crippen LogP contribution in [0, 0.1) is 17.0 Å². The van der Waals surface area contributed by atoms with Gasteiger partial charge in [0.05, 0.1) is 45.8 Å². The lowest BCUT2D eigenvalue weighted by Crippen LogP contribution is -2.39. The van der Waals surface area contributed by atoms with Crippen molar-refractivity contribution in [3.8, 4) is 11.3 Å². The SMILES string of the molecule is CC1(C)[C@H]2CC[C@]1(c1cccc(C3N=CNN3CCS(C)(=O)=O)n1)c1nnc(-c3c(F)cccc3F)cc12. The predicted molar refractivity (Wildman–Crippen MR) is 139 cm³/mol. The fourth-order valence-corrected chi connectivity index (χ4v) is 7.13. The van der Waals surface area contributed by atoms with E-state index in [-0.39, 0.29) is 34.9 Å². The predicted octanol–water partition coefficient (Wildman–Crippen LogP) is 3.91. The van der Waals surface area contributed by atoms with Gasteiger partial charge in [-0.05, 0) is 60.1 Å². The smallest absolute Gasteiger partial charge is 0.163 e. The van der Waals surface area contributed by atoms with Crippen molar-refractivity contribution in [1.29, 1.82) is 0 Å². The maximum atomic E-state index is 14.5. The average molecular weight is 539 g/mol. The summed E-state index contributed by atoms with van der Waals surface area (Å²) in [7, 11) is -3.14. The Morgan fingerprint density at radius 1 is 1.11 bits per heavy atom. The molecule has 1 saturated carbocycles. The zero-order chi connectivity index (χ0) is 26.9. The Morgan fingerprint density at radius 2 is 1.84 bits per heavy atom. The van der Waals surface area contributed by atoms with Crippen LogP contribution in [0.15, 0.2) is 47.5 Å². The summed E-state index contributed by atoms with van der Waals surface area (Å²) in [6.07, 6.45) is 4.00. The van der Waals surface area contributed by atoms with Gasteiger partial charge in [0.15, 0.2) is 6.17 Å². The van der Waals surface area contributed by atoms with Gasteiger partial charge in [0.2, 0.25) is 0 Å². The second kappa shape index (κ2) is 8.60. The number of aliphatic imine (C=N–C) groups is 1. The van der Waals surface area contributed by atoms with E-state index in [1.165, 1.54) is 24.5 Å². The summed E-state index contributed by atoms with van der Waals surface area (Å²) < 4.78 is 52.5. The minimum absolute atomic E-state index is 0.00784. The third kappa shape index (κ3) is 3.66. The molecule has 6 rings (SSSR count). The number of pyridine rings is 1. The van der Waals surface area contributed by atoms with Gasteiger partial charge in [-0.2, -0.15) is 10.1 Å². The number of hydrogen-bond acceptors (Lipinski definition) is 8. The van der Waals surface area contributed by atoms with Gasteiger partial charge in [0, 0.05) is 12.8 Å². The molecule has 0 saturated heterocycles. The topological polar surface area (TPSA) is 100 Å². The summed E-state index contributed by atoms with van der Waals surface area (Å²) in [5.74, 6) is -1.22. The van der Waals surface area contributed by atoms with Crippen molar-refractivity contribution in [2.24, 2.45) is 10.4 Å². The van der Waals surface area contributed by atoms with Crippen LogP contribution < -0.4 is 5.43 Å². The minimum atomic E-state index is -3.14. The third-order valence-corrected chi connectivity index (χ3v) is 9.44. The van der Waals surface area contributed by atoms with Gasteiger partial charge in [0.1, 0.15) is 21.5 Å². The molecule has 3 heterocycles. The highest BCUT2D eigenvalue weighted by atomic mass is 32.2. The van der Waals surface area contributed by atoms with Crippen LogP contribution >= 0.6 is 0 Å². The molecule has 198 valence electrons. The van der Waals surface area contributed by atoms with Crippen LogP contribution in [0.25, 0.3) is 11.3 Å². The van der Waals surface area contributed by atoms with Crippen LogP contribution in [0.5, 0.6) is 0 Å². The number of nitrogens with one attached hydrogen (secondary N) is 1. The van der Waals surface area contributed by atoms with Crippen LogP contribution in [0.2, 0.25) is 0 Å². The van der Waals surface area contributed by atoms with Crippen molar-refractivity contribution < 1.29 is 17.2 Å². The second-order valence-corrected chi connectivity index (χ2v) is 13.2. The quantitative estimate of drug-likeness (QED) is 0.508. The molecule has 1 fully saturated rings. The normalized spacial score (nSPS) is 25.5. The zero-order valence-corrected chi connectivity index (χ0v) is 22.1. The first-order valence-corrected chi connectivity index (χ1v) is 14.6. The Balaban J connectivity index is 1.41. The first-order chi connectivity index (χ1) is 18.0. The lowest BCUT2D eigenvalue weighted by Gasteiger charge is -2.37. The van der Waals surface area contributed by atoms with Crippen molar-refractivity contribution in [2.75, 3.05) is 18.6 Å². The van der Waals surface area contributed by atoms with E-state index < -0.39 is 33.1 Å². The molecule has 1 aliphatic heterocycles. The van der Waals surface area contributed by atoms with Gasteiger partial charge < -0.3 is 5.43 Å². The molecule has 2 aliphatic carbocycles.